The zero-order valence-corrected chi connectivity index (χ0v) is 8.90. The molecule has 0 aromatic heterocycles. The fourth-order valence-corrected chi connectivity index (χ4v) is 1.95. The van der Waals surface area contributed by atoms with Gasteiger partial charge < -0.3 is 5.73 Å². The molecule has 0 atom stereocenters. The normalized spacial score (nSPS) is 10.8. The maximum absolute atomic E-state index is 11.4. The second kappa shape index (κ2) is 3.48. The number of nitrogens with two attached hydrogens (primary N) is 1. The van der Waals surface area contributed by atoms with Crippen LogP contribution in [-0.4, -0.2) is 21.1 Å². The van der Waals surface area contributed by atoms with Gasteiger partial charge in [0.15, 0.2) is 0 Å². The molecule has 0 saturated carbocycles. The molecule has 1 aromatic rings. The van der Waals surface area contributed by atoms with Gasteiger partial charge >= 0.3 is 0 Å². The van der Waals surface area contributed by atoms with Crippen LogP contribution in [0.1, 0.15) is 10.4 Å². The summed E-state index contributed by atoms with van der Waals surface area (Å²) in [4.78, 5) is 15.4. The van der Waals surface area contributed by atoms with Crippen molar-refractivity contribution in [3.63, 3.8) is 0 Å². The highest BCUT2D eigenvalue weighted by atomic mass is 16.1. The van der Waals surface area contributed by atoms with Crippen molar-refractivity contribution >= 4 is 5.91 Å². The number of hydrogen-bond acceptors (Lipinski definition) is 2. The van der Waals surface area contributed by atoms with Crippen LogP contribution in [0.25, 0.3) is 22.5 Å². The van der Waals surface area contributed by atoms with Crippen molar-refractivity contribution in [2.45, 2.75) is 0 Å². The van der Waals surface area contributed by atoms with E-state index in [0.29, 0.717) is 5.56 Å². The minimum atomic E-state index is -0.442. The van der Waals surface area contributed by atoms with E-state index in [-0.39, 0.29) is 0 Å². The van der Waals surface area contributed by atoms with E-state index in [4.69, 9.17) is 5.73 Å². The quantitative estimate of drug-likeness (QED) is 0.619. The van der Waals surface area contributed by atoms with Crippen LogP contribution in [0.5, 0.6) is 0 Å². The number of nitrogens with one attached hydrogen (secondary N) is 2. The summed E-state index contributed by atoms with van der Waals surface area (Å²) in [6.45, 7) is 0. The van der Waals surface area contributed by atoms with Gasteiger partial charge in [-0.3, -0.25) is 20.0 Å². The third kappa shape index (κ3) is 1.40. The molecule has 0 fully saturated rings. The average Bonchev–Trinajstić information content (AvgIpc) is 2.90. The Hall–Kier alpha value is -2.56. The average molecular weight is 226 g/mol. The summed E-state index contributed by atoms with van der Waals surface area (Å²) in [7, 11) is 0. The Morgan fingerprint density at radius 3 is 2.76 bits per heavy atom. The van der Waals surface area contributed by atoms with Crippen molar-refractivity contribution in [1.82, 2.24) is 15.2 Å². The monoisotopic (exact) mass is 226 g/mol. The van der Waals surface area contributed by atoms with Crippen molar-refractivity contribution in [3.8, 4) is 22.5 Å². The second-order valence-electron chi connectivity index (χ2n) is 3.77. The predicted molar refractivity (Wildman–Crippen MR) is 63.5 cm³/mol. The lowest BCUT2D eigenvalue weighted by atomic mass is 10.0. The van der Waals surface area contributed by atoms with E-state index in [0.717, 1.165) is 22.5 Å². The van der Waals surface area contributed by atoms with Crippen molar-refractivity contribution < 1.29 is 4.79 Å². The Morgan fingerprint density at radius 2 is 1.94 bits per heavy atom. The van der Waals surface area contributed by atoms with Gasteiger partial charge in [0, 0.05) is 22.9 Å². The molecule has 0 unspecified atom stereocenters. The lowest BCUT2D eigenvalue weighted by Gasteiger charge is -2.04. The molecule has 0 spiro atoms. The van der Waals surface area contributed by atoms with Gasteiger partial charge in [0.1, 0.15) is 0 Å². The van der Waals surface area contributed by atoms with E-state index in [1.807, 2.05) is 12.1 Å². The van der Waals surface area contributed by atoms with Crippen LogP contribution >= 0.6 is 0 Å². The van der Waals surface area contributed by atoms with Crippen LogP contribution in [0.4, 0.5) is 0 Å². The van der Waals surface area contributed by atoms with Gasteiger partial charge in [-0.15, -0.1) is 0 Å². The first-order valence-electron chi connectivity index (χ1n) is 5.16. The number of carbonyl (C=O) groups is 1. The SMILES string of the molecule is NC(=O)c1ccccc1-c1[nH][nH]c2cncc1-2. The number of amides is 1. The van der Waals surface area contributed by atoms with Crippen LogP contribution in [-0.2, 0) is 0 Å². The van der Waals surface area contributed by atoms with Gasteiger partial charge in [0.05, 0.1) is 17.6 Å². The van der Waals surface area contributed by atoms with Gasteiger partial charge in [-0.1, -0.05) is 18.2 Å². The van der Waals surface area contributed by atoms with Crippen LogP contribution in [0, 0.1) is 0 Å². The van der Waals surface area contributed by atoms with Gasteiger partial charge in [0.25, 0.3) is 0 Å². The van der Waals surface area contributed by atoms with Gasteiger partial charge in [-0.25, -0.2) is 0 Å². The molecule has 3 rings (SSSR count). The van der Waals surface area contributed by atoms with Crippen molar-refractivity contribution in [2.75, 3.05) is 0 Å². The first-order chi connectivity index (χ1) is 8.27. The molecule has 1 amide bonds. The molecule has 4 N–H and O–H groups in total. The lowest BCUT2D eigenvalue weighted by Crippen LogP contribution is -2.12. The highest BCUT2D eigenvalue weighted by Crippen LogP contribution is 2.32. The molecule has 1 aromatic carbocycles. The predicted octanol–water partition coefficient (Wildman–Crippen LogP) is 1.61. The lowest BCUT2D eigenvalue weighted by molar-refractivity contribution is 0.100. The minimum Gasteiger partial charge on any atom is -0.366 e. The third-order valence-electron chi connectivity index (χ3n) is 2.75. The summed E-state index contributed by atoms with van der Waals surface area (Å²) in [5.41, 5.74) is 9.30. The smallest absolute Gasteiger partial charge is 0.249 e. The topological polar surface area (TPSA) is 87.6 Å². The number of primary amides is 1. The Kier molecular flexibility index (Phi) is 1.98. The number of rotatable bonds is 2. The number of aromatic amines is 2. The molecule has 0 saturated heterocycles. The molecule has 17 heavy (non-hydrogen) atoms. The number of hydrogen-bond donors (Lipinski definition) is 3. The summed E-state index contributed by atoms with van der Waals surface area (Å²) in [6.07, 6.45) is 3.47. The van der Waals surface area contributed by atoms with E-state index in [1.54, 1.807) is 24.5 Å². The molecule has 0 bridgehead atoms. The van der Waals surface area contributed by atoms with Gasteiger partial charge in [0.2, 0.25) is 5.91 Å². The summed E-state index contributed by atoms with van der Waals surface area (Å²) in [5, 5.41) is 6.03. The second-order valence-corrected chi connectivity index (χ2v) is 3.77. The summed E-state index contributed by atoms with van der Waals surface area (Å²) in [6, 6.07) is 7.22. The highest BCUT2D eigenvalue weighted by Gasteiger charge is 2.17. The Labute approximate surface area is 97.0 Å². The Morgan fingerprint density at radius 1 is 1.12 bits per heavy atom. The highest BCUT2D eigenvalue weighted by molar-refractivity contribution is 6.01. The molecule has 2 aliphatic heterocycles. The molecule has 84 valence electrons. The number of H-pyrrole nitrogens is 2. The number of carbonyl (C=O) groups excluding carboxylic acids is 1. The zero-order valence-electron chi connectivity index (χ0n) is 8.90. The molecular formula is C12H10N4O. The molecule has 0 aliphatic carbocycles. The van der Waals surface area contributed by atoms with Gasteiger partial charge in [-0.2, -0.15) is 0 Å². The maximum Gasteiger partial charge on any atom is 0.249 e. The number of aromatic nitrogens is 3. The summed E-state index contributed by atoms with van der Waals surface area (Å²) in [5.74, 6) is -0.442. The standard InChI is InChI=1S/C12H10N4O/c13-12(17)8-4-2-1-3-7(8)11-9-5-14-6-10(9)15-16-11/h1-6,15-16H,(H2,13,17). The van der Waals surface area contributed by atoms with E-state index < -0.39 is 5.91 Å². The number of benzene rings is 1. The molecule has 0 radical (unpaired) electrons. The van der Waals surface area contributed by atoms with Crippen LogP contribution < -0.4 is 5.73 Å². The zero-order chi connectivity index (χ0) is 11.8. The van der Waals surface area contributed by atoms with Crippen LogP contribution in [0.15, 0.2) is 36.7 Å². The minimum absolute atomic E-state index is 0.442. The largest absolute Gasteiger partial charge is 0.366 e. The first-order valence-corrected chi connectivity index (χ1v) is 5.16. The van der Waals surface area contributed by atoms with E-state index >= 15 is 0 Å². The fourth-order valence-electron chi connectivity index (χ4n) is 1.95. The Balaban J connectivity index is 2.24. The van der Waals surface area contributed by atoms with Gasteiger partial charge in [-0.05, 0) is 6.07 Å². The number of fused-ring (bicyclic) bond motifs is 1. The first kappa shape index (κ1) is 9.65. The molecule has 2 aliphatic rings. The van der Waals surface area contributed by atoms with E-state index in [9.17, 15) is 4.79 Å². The van der Waals surface area contributed by atoms with Crippen molar-refractivity contribution in [1.29, 1.82) is 0 Å². The summed E-state index contributed by atoms with van der Waals surface area (Å²) >= 11 is 0. The fraction of sp³-hybridized carbons (Fsp3) is 0. The Bertz CT molecular complexity index is 652. The van der Waals surface area contributed by atoms with E-state index in [1.165, 1.54) is 0 Å². The van der Waals surface area contributed by atoms with Crippen molar-refractivity contribution in [2.24, 2.45) is 5.73 Å². The van der Waals surface area contributed by atoms with Crippen LogP contribution in [0.2, 0.25) is 0 Å². The molecule has 2 heterocycles. The number of nitrogens with zero attached hydrogens (tertiary/aromatic N) is 1. The van der Waals surface area contributed by atoms with Crippen LogP contribution in [0.3, 0.4) is 0 Å². The van der Waals surface area contributed by atoms with Crippen molar-refractivity contribution in [3.05, 3.63) is 42.2 Å². The molecular weight excluding hydrogens is 216 g/mol. The summed E-state index contributed by atoms with van der Waals surface area (Å²) < 4.78 is 0. The third-order valence-corrected chi connectivity index (χ3v) is 2.75. The van der Waals surface area contributed by atoms with E-state index in [2.05, 4.69) is 15.2 Å². The molecule has 5 heteroatoms. The maximum atomic E-state index is 11.4. The molecule has 5 nitrogen and oxygen atoms in total.